The van der Waals surface area contributed by atoms with E-state index in [0.717, 1.165) is 5.69 Å². The highest BCUT2D eigenvalue weighted by molar-refractivity contribution is 7.89. The summed E-state index contributed by atoms with van der Waals surface area (Å²) in [5.41, 5.74) is 2.06. The van der Waals surface area contributed by atoms with Gasteiger partial charge in [0.15, 0.2) is 0 Å². The lowest BCUT2D eigenvalue weighted by molar-refractivity contribution is 0.0730. The molecule has 2 fully saturated rings. The third kappa shape index (κ3) is 5.91. The molecule has 0 bridgehead atoms. The Morgan fingerprint density at radius 1 is 0.750 bits per heavy atom. The van der Waals surface area contributed by atoms with E-state index in [1.54, 1.807) is 19.1 Å². The zero-order valence-corrected chi connectivity index (χ0v) is 23.8. The van der Waals surface area contributed by atoms with Crippen LogP contribution in [0.15, 0.2) is 82.6 Å². The highest BCUT2D eigenvalue weighted by Crippen LogP contribution is 2.26. The van der Waals surface area contributed by atoms with Gasteiger partial charge in [-0.3, -0.25) is 4.79 Å². The molecule has 2 saturated heterocycles. The number of para-hydroxylation sites is 1. The third-order valence-electron chi connectivity index (χ3n) is 7.13. The minimum Gasteiger partial charge on any atom is -0.379 e. The number of anilines is 2. The summed E-state index contributed by atoms with van der Waals surface area (Å²) in [7, 11) is -7.57. The molecule has 5 rings (SSSR count). The smallest absolute Gasteiger partial charge is 0.255 e. The largest absolute Gasteiger partial charge is 0.379 e. The second-order valence-electron chi connectivity index (χ2n) is 9.71. The Morgan fingerprint density at radius 3 is 2.12 bits per heavy atom. The van der Waals surface area contributed by atoms with Crippen LogP contribution in [-0.2, 0) is 24.8 Å². The van der Waals surface area contributed by atoms with Gasteiger partial charge in [-0.2, -0.15) is 8.61 Å². The molecule has 0 saturated carbocycles. The fourth-order valence-electron chi connectivity index (χ4n) is 4.86. The number of piperazine rings is 1. The monoisotopic (exact) mass is 584 g/mol. The minimum absolute atomic E-state index is 0.0350. The van der Waals surface area contributed by atoms with Crippen LogP contribution in [0.2, 0.25) is 0 Å². The molecule has 2 aliphatic heterocycles. The molecule has 1 amide bonds. The van der Waals surface area contributed by atoms with Crippen molar-refractivity contribution >= 4 is 37.3 Å². The molecule has 12 heteroatoms. The van der Waals surface area contributed by atoms with Crippen molar-refractivity contribution in [2.45, 2.75) is 16.7 Å². The van der Waals surface area contributed by atoms with Crippen LogP contribution in [0, 0.1) is 6.92 Å². The third-order valence-corrected chi connectivity index (χ3v) is 11.1. The Kier molecular flexibility index (Phi) is 8.24. The molecule has 3 aromatic rings. The minimum atomic E-state index is -3.81. The molecule has 3 aromatic carbocycles. The molecule has 0 radical (unpaired) electrons. The maximum atomic E-state index is 13.4. The van der Waals surface area contributed by atoms with E-state index in [0.29, 0.717) is 50.6 Å². The summed E-state index contributed by atoms with van der Waals surface area (Å²) >= 11 is 0. The SMILES string of the molecule is Cc1ccc(NC(=O)c2cccc(S(=O)(=O)N3CCN(c4ccccc4)CC3)c2)cc1S(=O)(=O)N1CCOCC1. The molecule has 1 N–H and O–H groups in total. The summed E-state index contributed by atoms with van der Waals surface area (Å²) in [4.78, 5) is 15.4. The first-order valence-corrected chi connectivity index (χ1v) is 15.9. The summed E-state index contributed by atoms with van der Waals surface area (Å²) < 4.78 is 61.3. The highest BCUT2D eigenvalue weighted by atomic mass is 32.2. The highest BCUT2D eigenvalue weighted by Gasteiger charge is 2.30. The maximum Gasteiger partial charge on any atom is 0.255 e. The first-order chi connectivity index (χ1) is 19.2. The predicted molar refractivity (Wildman–Crippen MR) is 153 cm³/mol. The molecule has 0 unspecified atom stereocenters. The van der Waals surface area contributed by atoms with E-state index in [1.165, 1.54) is 38.9 Å². The van der Waals surface area contributed by atoms with Gasteiger partial charge < -0.3 is 15.0 Å². The summed E-state index contributed by atoms with van der Waals surface area (Å²) in [6.45, 7) is 4.68. The van der Waals surface area contributed by atoms with Crippen molar-refractivity contribution in [2.75, 3.05) is 62.7 Å². The Bertz CT molecular complexity index is 1580. The van der Waals surface area contributed by atoms with Crippen LogP contribution < -0.4 is 10.2 Å². The Balaban J connectivity index is 1.30. The van der Waals surface area contributed by atoms with Crippen LogP contribution in [0.4, 0.5) is 11.4 Å². The number of amides is 1. The molecule has 10 nitrogen and oxygen atoms in total. The molecule has 0 aromatic heterocycles. The molecule has 40 heavy (non-hydrogen) atoms. The van der Waals surface area contributed by atoms with Gasteiger partial charge >= 0.3 is 0 Å². The van der Waals surface area contributed by atoms with Gasteiger partial charge in [0, 0.05) is 56.2 Å². The summed E-state index contributed by atoms with van der Waals surface area (Å²) in [5, 5.41) is 2.72. The van der Waals surface area contributed by atoms with E-state index in [2.05, 4.69) is 10.2 Å². The maximum absolute atomic E-state index is 13.4. The van der Waals surface area contributed by atoms with Crippen molar-refractivity contribution in [3.8, 4) is 0 Å². The number of benzene rings is 3. The van der Waals surface area contributed by atoms with E-state index >= 15 is 0 Å². The lowest BCUT2D eigenvalue weighted by atomic mass is 10.2. The number of morpholine rings is 1. The Hall–Kier alpha value is -3.29. The van der Waals surface area contributed by atoms with Crippen LogP contribution in [0.3, 0.4) is 0 Å². The first-order valence-electron chi connectivity index (χ1n) is 13.1. The topological polar surface area (TPSA) is 116 Å². The van der Waals surface area contributed by atoms with Gasteiger partial charge in [0.25, 0.3) is 5.91 Å². The number of rotatable bonds is 7. The number of nitrogens with one attached hydrogen (secondary N) is 1. The second-order valence-corrected chi connectivity index (χ2v) is 13.5. The number of sulfonamides is 2. The molecule has 2 aliphatic rings. The number of nitrogens with zero attached hydrogens (tertiary/aromatic N) is 3. The molecule has 212 valence electrons. The fourth-order valence-corrected chi connectivity index (χ4v) is 7.98. The van der Waals surface area contributed by atoms with Gasteiger partial charge in [-0.15, -0.1) is 0 Å². The summed E-state index contributed by atoms with van der Waals surface area (Å²) in [6.07, 6.45) is 0. The van der Waals surface area contributed by atoms with Crippen molar-refractivity contribution in [3.05, 3.63) is 83.9 Å². The Morgan fingerprint density at radius 2 is 1.43 bits per heavy atom. The standard InChI is InChI=1S/C28H32N4O6S2/c1-22-10-11-24(21-27(22)40(36,37)32-16-18-38-19-17-32)29-28(33)23-6-5-9-26(20-23)39(34,35)31-14-12-30(13-15-31)25-7-3-2-4-8-25/h2-11,20-21H,12-19H2,1H3,(H,29,33). The van der Waals surface area contributed by atoms with E-state index in [-0.39, 0.29) is 28.4 Å². The lowest BCUT2D eigenvalue weighted by Crippen LogP contribution is -2.48. The van der Waals surface area contributed by atoms with Crippen LogP contribution in [0.5, 0.6) is 0 Å². The van der Waals surface area contributed by atoms with Gasteiger partial charge in [-0.1, -0.05) is 30.3 Å². The van der Waals surface area contributed by atoms with E-state index < -0.39 is 26.0 Å². The van der Waals surface area contributed by atoms with Crippen LogP contribution in [0.25, 0.3) is 0 Å². The van der Waals surface area contributed by atoms with Gasteiger partial charge in [-0.05, 0) is 55.0 Å². The van der Waals surface area contributed by atoms with Crippen molar-refractivity contribution in [2.24, 2.45) is 0 Å². The molecule has 2 heterocycles. The van der Waals surface area contributed by atoms with E-state index in [9.17, 15) is 21.6 Å². The van der Waals surface area contributed by atoms with E-state index in [1.807, 2.05) is 30.3 Å². The van der Waals surface area contributed by atoms with Crippen LogP contribution >= 0.6 is 0 Å². The van der Waals surface area contributed by atoms with Crippen LogP contribution in [-0.4, -0.2) is 83.8 Å². The fraction of sp³-hybridized carbons (Fsp3) is 0.321. The normalized spacial score (nSPS) is 17.5. The number of carbonyl (C=O) groups is 1. The van der Waals surface area contributed by atoms with Gasteiger partial charge in [0.05, 0.1) is 23.0 Å². The van der Waals surface area contributed by atoms with Gasteiger partial charge in [0.2, 0.25) is 20.0 Å². The van der Waals surface area contributed by atoms with Gasteiger partial charge in [0.1, 0.15) is 0 Å². The van der Waals surface area contributed by atoms with E-state index in [4.69, 9.17) is 4.74 Å². The molecule has 0 spiro atoms. The zero-order valence-electron chi connectivity index (χ0n) is 22.2. The number of hydrogen-bond acceptors (Lipinski definition) is 7. The molecular weight excluding hydrogens is 552 g/mol. The average Bonchev–Trinajstić information content (AvgIpc) is 2.99. The van der Waals surface area contributed by atoms with Crippen LogP contribution in [0.1, 0.15) is 15.9 Å². The number of hydrogen-bond donors (Lipinski definition) is 1. The molecule has 0 aliphatic carbocycles. The molecule has 0 atom stereocenters. The number of ether oxygens (including phenoxy) is 1. The van der Waals surface area contributed by atoms with Gasteiger partial charge in [-0.25, -0.2) is 16.8 Å². The molecular formula is C28H32N4O6S2. The van der Waals surface area contributed by atoms with Crippen molar-refractivity contribution in [3.63, 3.8) is 0 Å². The second kappa shape index (κ2) is 11.7. The predicted octanol–water partition coefficient (Wildman–Crippen LogP) is 2.78. The van der Waals surface area contributed by atoms with Crippen molar-refractivity contribution < 1.29 is 26.4 Å². The number of carbonyl (C=O) groups excluding carboxylic acids is 1. The number of aryl methyl sites for hydroxylation is 1. The Labute approximate surface area is 235 Å². The lowest BCUT2D eigenvalue weighted by Gasteiger charge is -2.35. The van der Waals surface area contributed by atoms with Crippen molar-refractivity contribution in [1.29, 1.82) is 0 Å². The zero-order chi connectivity index (χ0) is 28.3. The summed E-state index contributed by atoms with van der Waals surface area (Å²) in [6, 6.07) is 20.4. The quantitative estimate of drug-likeness (QED) is 0.454. The first kappa shape index (κ1) is 28.2. The summed E-state index contributed by atoms with van der Waals surface area (Å²) in [5.74, 6) is -0.537. The van der Waals surface area contributed by atoms with Crippen molar-refractivity contribution in [1.82, 2.24) is 8.61 Å². The average molecular weight is 585 g/mol.